The summed E-state index contributed by atoms with van der Waals surface area (Å²) in [5.74, 6) is -3.42. The second kappa shape index (κ2) is 14.0. The van der Waals surface area contributed by atoms with E-state index in [9.17, 15) is 19.5 Å². The molecule has 4 aliphatic rings. The van der Waals surface area contributed by atoms with Gasteiger partial charge in [-0.25, -0.2) is 0 Å². The number of ether oxygens (including phenoxy) is 2. The smallest absolute Gasteiger partial charge is 0.313 e. The lowest BCUT2D eigenvalue weighted by Gasteiger charge is -2.46. The van der Waals surface area contributed by atoms with E-state index >= 15 is 4.79 Å². The topological polar surface area (TPSA) is 125 Å². The van der Waals surface area contributed by atoms with Crippen LogP contribution >= 0.6 is 0 Å². The molecule has 268 valence electrons. The Morgan fingerprint density at radius 3 is 2.35 bits per heavy atom. The van der Waals surface area contributed by atoms with E-state index in [1.807, 2.05) is 75.1 Å². The first-order chi connectivity index (χ1) is 23.0. The van der Waals surface area contributed by atoms with Crippen molar-refractivity contribution in [3.63, 3.8) is 0 Å². The number of likely N-dealkylation sites (tertiary alicyclic amines) is 1. The van der Waals surface area contributed by atoms with Crippen molar-refractivity contribution in [3.8, 4) is 0 Å². The quantitative estimate of drug-likeness (QED) is 0.316. The zero-order valence-electron chi connectivity index (χ0n) is 30.3. The third-order valence-electron chi connectivity index (χ3n) is 10.3. The molecule has 5 rings (SSSR count). The van der Waals surface area contributed by atoms with Crippen LogP contribution in [0.4, 0.5) is 0 Å². The summed E-state index contributed by atoms with van der Waals surface area (Å²) >= 11 is 0. The fourth-order valence-electron chi connectivity index (χ4n) is 8.77. The van der Waals surface area contributed by atoms with Gasteiger partial charge in [0.15, 0.2) is 0 Å². The molecule has 3 amide bonds. The van der Waals surface area contributed by atoms with Crippen LogP contribution in [-0.2, 0) is 28.7 Å². The van der Waals surface area contributed by atoms with E-state index in [-0.39, 0.29) is 42.7 Å². The third kappa shape index (κ3) is 7.22. The number of benzene rings is 1. The minimum atomic E-state index is -1.41. The monoisotopic (exact) mass is 677 g/mol. The Labute approximate surface area is 291 Å². The molecule has 2 saturated heterocycles. The highest BCUT2D eigenvalue weighted by Crippen LogP contribution is 2.57. The Kier molecular flexibility index (Phi) is 10.5. The molecular weight excluding hydrogens is 622 g/mol. The van der Waals surface area contributed by atoms with Gasteiger partial charge in [-0.2, -0.15) is 0 Å². The second-order valence-corrected chi connectivity index (χ2v) is 16.5. The standard InChI is InChI=1S/C39H55N3O7/c1-24(2)21-27(22-43)42-33-35(46)41(38(7,8)23-37(4,5)6)20-14-10-13-17-29(44)40-25(3)32(26-15-11-9-12-16-26)48-36(47)30-28-18-19-39(33,49-28)31(30)34(42)45/h9-12,14-16,18-19,24-25,27-28,30-33,43H,13,17,20-23H2,1-8H3,(H,40,44)/b14-10-/t25-,27+,28+,30-,31-,32+,33+,39-/m0/s1. The molecule has 8 atom stereocenters. The molecule has 10 nitrogen and oxygen atoms in total. The number of nitrogens with one attached hydrogen (secondary N) is 1. The summed E-state index contributed by atoms with van der Waals surface area (Å²) in [6.45, 7) is 16.2. The summed E-state index contributed by atoms with van der Waals surface area (Å²) in [5, 5.41) is 13.7. The highest BCUT2D eigenvalue weighted by Gasteiger charge is 2.74. The molecule has 4 aliphatic heterocycles. The highest BCUT2D eigenvalue weighted by atomic mass is 16.6. The third-order valence-corrected chi connectivity index (χ3v) is 10.3. The van der Waals surface area contributed by atoms with Gasteiger partial charge in [0.25, 0.3) is 0 Å². The summed E-state index contributed by atoms with van der Waals surface area (Å²) in [6.07, 6.45) is 7.61. The average molecular weight is 678 g/mol. The van der Waals surface area contributed by atoms with Crippen LogP contribution in [0.3, 0.4) is 0 Å². The number of hydrogen-bond donors (Lipinski definition) is 2. The van der Waals surface area contributed by atoms with Crippen molar-refractivity contribution in [3.05, 3.63) is 60.2 Å². The molecule has 1 aromatic rings. The van der Waals surface area contributed by atoms with Gasteiger partial charge in [-0.05, 0) is 56.9 Å². The van der Waals surface area contributed by atoms with Gasteiger partial charge in [-0.3, -0.25) is 19.2 Å². The van der Waals surface area contributed by atoms with E-state index in [0.29, 0.717) is 24.8 Å². The molecule has 0 unspecified atom stereocenters. The predicted octanol–water partition coefficient (Wildman–Crippen LogP) is 4.73. The summed E-state index contributed by atoms with van der Waals surface area (Å²) < 4.78 is 12.9. The Morgan fingerprint density at radius 2 is 1.71 bits per heavy atom. The molecule has 0 aliphatic carbocycles. The molecule has 2 N–H and O–H groups in total. The number of rotatable bonds is 7. The lowest BCUT2D eigenvalue weighted by atomic mass is 9.74. The Morgan fingerprint density at radius 1 is 1.02 bits per heavy atom. The SMILES string of the molecule is CC(C)C[C@H](CO)N1C(=O)[C@@H]2[C@H]3C(=O)O[C@@H](c4ccccc4)[C@H](C)NC(=O)CC/C=C\CN(C(C)(C)CC(C)(C)C)C(=O)[C@@H]1[C@]21C=C[C@H]3O1. The summed E-state index contributed by atoms with van der Waals surface area (Å²) in [6, 6.07) is 6.91. The lowest BCUT2D eigenvalue weighted by molar-refractivity contribution is -0.162. The number of aliphatic hydroxyl groups is 1. The van der Waals surface area contributed by atoms with Gasteiger partial charge in [0.05, 0.1) is 30.7 Å². The van der Waals surface area contributed by atoms with Crippen molar-refractivity contribution in [1.82, 2.24) is 15.1 Å². The zero-order chi connectivity index (χ0) is 35.9. The zero-order valence-corrected chi connectivity index (χ0v) is 30.3. The molecule has 0 radical (unpaired) electrons. The number of nitrogens with zero attached hydrogens (tertiary/aromatic N) is 2. The number of amides is 3. The van der Waals surface area contributed by atoms with Crippen molar-refractivity contribution in [2.24, 2.45) is 23.2 Å². The molecule has 0 aromatic heterocycles. The normalized spacial score (nSPS) is 32.4. The van der Waals surface area contributed by atoms with Crippen LogP contribution in [0.1, 0.15) is 92.7 Å². The van der Waals surface area contributed by atoms with Crippen LogP contribution in [-0.4, -0.2) is 87.1 Å². The Hall–Kier alpha value is -3.50. The summed E-state index contributed by atoms with van der Waals surface area (Å²) in [5.41, 5.74) is -1.48. The fraction of sp³-hybridized carbons (Fsp3) is 0.641. The number of esters is 1. The van der Waals surface area contributed by atoms with Gasteiger partial charge in [-0.15, -0.1) is 0 Å². The number of hydrogen-bond acceptors (Lipinski definition) is 7. The molecule has 4 heterocycles. The van der Waals surface area contributed by atoms with Crippen LogP contribution in [0.5, 0.6) is 0 Å². The first kappa shape index (κ1) is 36.8. The summed E-state index contributed by atoms with van der Waals surface area (Å²) in [4.78, 5) is 60.8. The number of fused-ring (bicyclic) bond motifs is 2. The average Bonchev–Trinajstić information content (AvgIpc) is 3.66. The van der Waals surface area contributed by atoms with Crippen LogP contribution in [0.15, 0.2) is 54.6 Å². The molecule has 2 fully saturated rings. The maximum absolute atomic E-state index is 15.3. The number of carbonyl (C=O) groups is 4. The first-order valence-electron chi connectivity index (χ1n) is 17.8. The minimum absolute atomic E-state index is 0.123. The maximum Gasteiger partial charge on any atom is 0.313 e. The number of cyclic esters (lactones) is 1. The van der Waals surface area contributed by atoms with E-state index < -0.39 is 65.2 Å². The molecule has 1 aromatic carbocycles. The van der Waals surface area contributed by atoms with E-state index in [4.69, 9.17) is 9.47 Å². The van der Waals surface area contributed by atoms with Crippen LogP contribution in [0.2, 0.25) is 0 Å². The second-order valence-electron chi connectivity index (χ2n) is 16.5. The van der Waals surface area contributed by atoms with E-state index in [2.05, 4.69) is 26.1 Å². The van der Waals surface area contributed by atoms with Gasteiger partial charge >= 0.3 is 5.97 Å². The fourth-order valence-corrected chi connectivity index (χ4v) is 8.77. The van der Waals surface area contributed by atoms with Crippen molar-refractivity contribution in [1.29, 1.82) is 0 Å². The van der Waals surface area contributed by atoms with Gasteiger partial charge in [0.1, 0.15) is 23.7 Å². The molecular formula is C39H55N3O7. The number of allylic oxidation sites excluding steroid dienone is 1. The molecule has 5 bridgehead atoms. The van der Waals surface area contributed by atoms with Crippen LogP contribution < -0.4 is 5.32 Å². The largest absolute Gasteiger partial charge is 0.455 e. The molecule has 10 heteroatoms. The molecule has 0 saturated carbocycles. The van der Waals surface area contributed by atoms with Gasteiger partial charge in [-0.1, -0.05) is 89.3 Å². The summed E-state index contributed by atoms with van der Waals surface area (Å²) in [7, 11) is 0. The maximum atomic E-state index is 15.3. The van der Waals surface area contributed by atoms with E-state index in [1.54, 1.807) is 19.1 Å². The highest BCUT2D eigenvalue weighted by molar-refractivity contribution is 5.99. The van der Waals surface area contributed by atoms with E-state index in [1.165, 1.54) is 4.90 Å². The first-order valence-corrected chi connectivity index (χ1v) is 17.8. The van der Waals surface area contributed by atoms with Crippen molar-refractivity contribution in [2.45, 2.75) is 123 Å². The van der Waals surface area contributed by atoms with Crippen molar-refractivity contribution in [2.75, 3.05) is 13.2 Å². The lowest BCUT2D eigenvalue weighted by Crippen LogP contribution is -2.62. The van der Waals surface area contributed by atoms with Gasteiger partial charge in [0.2, 0.25) is 17.7 Å². The predicted molar refractivity (Wildman–Crippen MR) is 186 cm³/mol. The molecule has 1 spiro atoms. The minimum Gasteiger partial charge on any atom is -0.455 e. The van der Waals surface area contributed by atoms with Gasteiger partial charge < -0.3 is 29.7 Å². The number of carbonyl (C=O) groups excluding carboxylic acids is 4. The van der Waals surface area contributed by atoms with Crippen molar-refractivity contribution < 1.29 is 33.8 Å². The van der Waals surface area contributed by atoms with Crippen LogP contribution in [0.25, 0.3) is 0 Å². The Bertz CT molecular complexity index is 1460. The van der Waals surface area contributed by atoms with Gasteiger partial charge in [0, 0.05) is 18.5 Å². The Balaban J connectivity index is 1.65. The number of aliphatic hydroxyl groups excluding tert-OH is 1. The van der Waals surface area contributed by atoms with E-state index in [0.717, 1.165) is 0 Å². The molecule has 49 heavy (non-hydrogen) atoms. The van der Waals surface area contributed by atoms with Crippen molar-refractivity contribution >= 4 is 23.7 Å². The van der Waals surface area contributed by atoms with Crippen LogP contribution in [0, 0.1) is 23.2 Å².